The molecule has 6 nitrogen and oxygen atoms in total. The van der Waals surface area contributed by atoms with Gasteiger partial charge in [-0.1, -0.05) is 0 Å². The third kappa shape index (κ3) is 4.08. The molecule has 1 unspecified atom stereocenters. The van der Waals surface area contributed by atoms with Crippen molar-refractivity contribution in [2.75, 3.05) is 6.61 Å². The molecule has 0 aromatic heterocycles. The van der Waals surface area contributed by atoms with E-state index >= 15 is 0 Å². The Morgan fingerprint density at radius 2 is 2.11 bits per heavy atom. The van der Waals surface area contributed by atoms with E-state index in [2.05, 4.69) is 0 Å². The van der Waals surface area contributed by atoms with Gasteiger partial charge in [-0.25, -0.2) is 9.59 Å². The van der Waals surface area contributed by atoms with E-state index in [0.717, 1.165) is 4.90 Å². The van der Waals surface area contributed by atoms with Crippen LogP contribution in [0.15, 0.2) is 11.8 Å². The Balaban J connectivity index is 2.86. The van der Waals surface area contributed by atoms with Crippen molar-refractivity contribution in [2.45, 2.75) is 45.8 Å². The Morgan fingerprint density at radius 3 is 2.58 bits per heavy atom. The first-order chi connectivity index (χ1) is 8.78. The van der Waals surface area contributed by atoms with Crippen molar-refractivity contribution in [1.29, 1.82) is 0 Å². The van der Waals surface area contributed by atoms with E-state index in [9.17, 15) is 14.4 Å². The lowest BCUT2D eigenvalue weighted by Gasteiger charge is -2.26. The van der Waals surface area contributed by atoms with Crippen molar-refractivity contribution >= 4 is 18.3 Å². The Hall–Kier alpha value is -1.85. The molecule has 106 valence electrons. The van der Waals surface area contributed by atoms with Crippen LogP contribution >= 0.6 is 0 Å². The van der Waals surface area contributed by atoms with Gasteiger partial charge in [0.25, 0.3) is 0 Å². The van der Waals surface area contributed by atoms with E-state index in [4.69, 9.17) is 9.47 Å². The molecule has 0 spiro atoms. The van der Waals surface area contributed by atoms with Crippen molar-refractivity contribution in [3.05, 3.63) is 11.8 Å². The zero-order chi connectivity index (χ0) is 14.6. The molecule has 0 N–H and O–H groups in total. The van der Waals surface area contributed by atoms with Gasteiger partial charge in [-0.05, 0) is 27.7 Å². The number of carbonyl (C=O) groups is 3. The van der Waals surface area contributed by atoms with Crippen molar-refractivity contribution < 1.29 is 23.9 Å². The number of hydrogen-bond donors (Lipinski definition) is 0. The molecule has 1 aliphatic rings. The summed E-state index contributed by atoms with van der Waals surface area (Å²) < 4.78 is 10.1. The van der Waals surface area contributed by atoms with Crippen LogP contribution in [0.25, 0.3) is 0 Å². The van der Waals surface area contributed by atoms with Crippen LogP contribution in [-0.2, 0) is 19.1 Å². The molecule has 0 aromatic rings. The second kappa shape index (κ2) is 5.86. The minimum Gasteiger partial charge on any atom is -0.464 e. The average Bonchev–Trinajstić information content (AvgIpc) is 2.71. The molecule has 0 saturated heterocycles. The molecule has 0 aromatic carbocycles. The monoisotopic (exact) mass is 269 g/mol. The van der Waals surface area contributed by atoms with E-state index < -0.39 is 23.7 Å². The first-order valence-electron chi connectivity index (χ1n) is 6.12. The Bertz CT molecular complexity index is 408. The van der Waals surface area contributed by atoms with E-state index in [1.807, 2.05) is 0 Å². The van der Waals surface area contributed by atoms with E-state index in [1.165, 1.54) is 6.20 Å². The number of nitrogens with zero attached hydrogens (tertiary/aromatic N) is 1. The van der Waals surface area contributed by atoms with Crippen LogP contribution in [0.5, 0.6) is 0 Å². The summed E-state index contributed by atoms with van der Waals surface area (Å²) >= 11 is 0. The Morgan fingerprint density at radius 1 is 1.47 bits per heavy atom. The summed E-state index contributed by atoms with van der Waals surface area (Å²) in [7, 11) is 0. The summed E-state index contributed by atoms with van der Waals surface area (Å²) in [6.07, 6.45) is 1.45. The molecular weight excluding hydrogens is 250 g/mol. The fourth-order valence-corrected chi connectivity index (χ4v) is 1.65. The zero-order valence-corrected chi connectivity index (χ0v) is 11.6. The van der Waals surface area contributed by atoms with Gasteiger partial charge in [0, 0.05) is 18.2 Å². The highest BCUT2D eigenvalue weighted by molar-refractivity contribution is 5.87. The molecule has 0 radical (unpaired) electrons. The van der Waals surface area contributed by atoms with Gasteiger partial charge >= 0.3 is 12.1 Å². The first kappa shape index (κ1) is 15.2. The van der Waals surface area contributed by atoms with Gasteiger partial charge in [-0.2, -0.15) is 0 Å². The largest absolute Gasteiger partial charge is 0.464 e. The molecule has 1 heterocycles. The minimum atomic E-state index is -0.824. The van der Waals surface area contributed by atoms with Gasteiger partial charge in [0.15, 0.2) is 0 Å². The number of amides is 1. The van der Waals surface area contributed by atoms with E-state index in [1.54, 1.807) is 27.7 Å². The number of rotatable bonds is 3. The van der Waals surface area contributed by atoms with Gasteiger partial charge in [0.2, 0.25) is 0 Å². The predicted molar refractivity (Wildman–Crippen MR) is 67.3 cm³/mol. The highest BCUT2D eigenvalue weighted by Crippen LogP contribution is 2.24. The fourth-order valence-electron chi connectivity index (χ4n) is 1.65. The summed E-state index contributed by atoms with van der Waals surface area (Å²) in [5.74, 6) is -0.540. The zero-order valence-electron chi connectivity index (χ0n) is 11.6. The van der Waals surface area contributed by atoms with Crippen LogP contribution in [0.1, 0.15) is 34.1 Å². The van der Waals surface area contributed by atoms with E-state index in [-0.39, 0.29) is 13.0 Å². The number of carbonyl (C=O) groups excluding carboxylic acids is 3. The molecule has 1 amide bonds. The number of hydrogen-bond acceptors (Lipinski definition) is 5. The third-order valence-corrected chi connectivity index (χ3v) is 2.38. The number of ether oxygens (including phenoxy) is 2. The summed E-state index contributed by atoms with van der Waals surface area (Å²) in [4.78, 5) is 35.6. The lowest BCUT2D eigenvalue weighted by Crippen LogP contribution is -2.42. The summed E-state index contributed by atoms with van der Waals surface area (Å²) in [6.45, 7) is 7.08. The highest BCUT2D eigenvalue weighted by atomic mass is 16.6. The second-order valence-corrected chi connectivity index (χ2v) is 5.18. The molecule has 1 aliphatic heterocycles. The normalized spacial score (nSPS) is 18.8. The van der Waals surface area contributed by atoms with Crippen LogP contribution in [-0.4, -0.2) is 41.5 Å². The van der Waals surface area contributed by atoms with E-state index in [0.29, 0.717) is 11.9 Å². The molecule has 0 fully saturated rings. The van der Waals surface area contributed by atoms with Crippen LogP contribution in [0.2, 0.25) is 0 Å². The minimum absolute atomic E-state index is 0.154. The van der Waals surface area contributed by atoms with Crippen molar-refractivity contribution in [2.24, 2.45) is 0 Å². The van der Waals surface area contributed by atoms with Gasteiger partial charge in [0.05, 0.1) is 6.61 Å². The predicted octanol–water partition coefficient (Wildman–Crippen LogP) is 1.64. The molecule has 0 bridgehead atoms. The molecule has 6 heteroatoms. The molecule has 1 rings (SSSR count). The Kier molecular flexibility index (Phi) is 4.69. The molecule has 1 atom stereocenters. The van der Waals surface area contributed by atoms with Crippen molar-refractivity contribution in [1.82, 2.24) is 4.90 Å². The standard InChI is InChI=1S/C13H19NO5/c1-5-18-11(16)10-6-9(8-15)7-14(10)12(17)19-13(2,3)4/h7-8,10H,5-6H2,1-4H3. The maximum absolute atomic E-state index is 12.0. The first-order valence-corrected chi connectivity index (χ1v) is 6.12. The van der Waals surface area contributed by atoms with Crippen molar-refractivity contribution in [3.8, 4) is 0 Å². The topological polar surface area (TPSA) is 72.9 Å². The summed E-state index contributed by atoms with van der Waals surface area (Å²) in [5, 5.41) is 0. The van der Waals surface area contributed by atoms with Gasteiger partial charge in [-0.3, -0.25) is 9.69 Å². The average molecular weight is 269 g/mol. The smallest absolute Gasteiger partial charge is 0.415 e. The van der Waals surface area contributed by atoms with Gasteiger partial charge in [-0.15, -0.1) is 0 Å². The van der Waals surface area contributed by atoms with Crippen LogP contribution in [0.4, 0.5) is 4.79 Å². The molecule has 19 heavy (non-hydrogen) atoms. The van der Waals surface area contributed by atoms with Crippen LogP contribution in [0, 0.1) is 0 Å². The molecule has 0 saturated carbocycles. The van der Waals surface area contributed by atoms with Gasteiger partial charge in [0.1, 0.15) is 17.9 Å². The fraction of sp³-hybridized carbons (Fsp3) is 0.615. The lowest BCUT2D eigenvalue weighted by atomic mass is 10.1. The van der Waals surface area contributed by atoms with Crippen molar-refractivity contribution in [3.63, 3.8) is 0 Å². The highest BCUT2D eigenvalue weighted by Gasteiger charge is 2.37. The maximum Gasteiger partial charge on any atom is 0.415 e. The number of aldehydes is 1. The number of esters is 1. The Labute approximate surface area is 112 Å². The van der Waals surface area contributed by atoms with Gasteiger partial charge < -0.3 is 9.47 Å². The summed E-state index contributed by atoms with van der Waals surface area (Å²) in [5.41, 5.74) is -0.308. The van der Waals surface area contributed by atoms with Crippen LogP contribution in [0.3, 0.4) is 0 Å². The third-order valence-electron chi connectivity index (χ3n) is 2.38. The molecule has 0 aliphatic carbocycles. The molecular formula is C13H19NO5. The quantitative estimate of drug-likeness (QED) is 0.575. The van der Waals surface area contributed by atoms with Crippen LogP contribution < -0.4 is 0 Å². The SMILES string of the molecule is CCOC(=O)C1CC(C=O)=CN1C(=O)OC(C)(C)C. The second-order valence-electron chi connectivity index (χ2n) is 5.18. The maximum atomic E-state index is 12.0. The summed E-state index contributed by atoms with van der Waals surface area (Å²) in [6, 6.07) is -0.824. The lowest BCUT2D eigenvalue weighted by molar-refractivity contribution is -0.147.